The van der Waals surface area contributed by atoms with Crippen molar-refractivity contribution in [2.24, 2.45) is 0 Å². The van der Waals surface area contributed by atoms with Crippen LogP contribution in [0.25, 0.3) is 0 Å². The molecule has 0 aliphatic rings. The first-order valence-electron chi connectivity index (χ1n) is 11.3. The van der Waals surface area contributed by atoms with Crippen molar-refractivity contribution in [3.63, 3.8) is 0 Å². The van der Waals surface area contributed by atoms with Crippen molar-refractivity contribution < 1.29 is 23.9 Å². The van der Waals surface area contributed by atoms with Gasteiger partial charge in [-0.1, -0.05) is 76.6 Å². The number of hydrogen-bond donors (Lipinski definition) is 3. The quantitative estimate of drug-likeness (QED) is 0.301. The number of esters is 1. The number of anilines is 1. The lowest BCUT2D eigenvalue weighted by Gasteiger charge is -2.23. The van der Waals surface area contributed by atoms with Crippen molar-refractivity contribution in [1.29, 1.82) is 0 Å². The number of nitrogens with one attached hydrogen (secondary N) is 3. The Morgan fingerprint density at radius 1 is 0.944 bits per heavy atom. The van der Waals surface area contributed by atoms with Gasteiger partial charge >= 0.3 is 12.1 Å². The van der Waals surface area contributed by atoms with E-state index < -0.39 is 12.1 Å². The summed E-state index contributed by atoms with van der Waals surface area (Å²) in [6, 6.07) is 24.0. The van der Waals surface area contributed by atoms with Crippen LogP contribution in [0, 0.1) is 0 Å². The van der Waals surface area contributed by atoms with Gasteiger partial charge < -0.3 is 20.1 Å². The smallest absolute Gasteiger partial charge is 0.407 e. The minimum atomic E-state index is -0.591. The molecule has 0 aliphatic carbocycles. The summed E-state index contributed by atoms with van der Waals surface area (Å²) in [5, 5.41) is 8.71. The third-order valence-corrected chi connectivity index (χ3v) is 5.74. The van der Waals surface area contributed by atoms with Gasteiger partial charge in [-0.05, 0) is 34.9 Å². The molecular weight excluding hydrogens is 526 g/mol. The molecular formula is C27H28BrN3O5. The van der Waals surface area contributed by atoms with E-state index in [1.165, 1.54) is 7.11 Å². The molecule has 0 unspecified atom stereocenters. The summed E-state index contributed by atoms with van der Waals surface area (Å²) in [5.41, 5.74) is 3.14. The zero-order valence-corrected chi connectivity index (χ0v) is 21.4. The van der Waals surface area contributed by atoms with E-state index in [-0.39, 0.29) is 38.1 Å². The average Bonchev–Trinajstić information content (AvgIpc) is 2.90. The molecule has 0 spiro atoms. The second-order valence-electron chi connectivity index (χ2n) is 7.82. The number of alkyl carbamates (subject to hydrolysis) is 1. The lowest BCUT2D eigenvalue weighted by molar-refractivity contribution is -0.139. The maximum absolute atomic E-state index is 12.7. The zero-order valence-electron chi connectivity index (χ0n) is 19.8. The van der Waals surface area contributed by atoms with Crippen LogP contribution in [0.15, 0.2) is 83.3 Å². The summed E-state index contributed by atoms with van der Waals surface area (Å²) < 4.78 is 10.8. The minimum Gasteiger partial charge on any atom is -0.468 e. The molecule has 8 nitrogen and oxygen atoms in total. The largest absolute Gasteiger partial charge is 0.468 e. The predicted molar refractivity (Wildman–Crippen MR) is 140 cm³/mol. The average molecular weight is 554 g/mol. The molecule has 0 saturated carbocycles. The van der Waals surface area contributed by atoms with Gasteiger partial charge in [0.2, 0.25) is 5.91 Å². The van der Waals surface area contributed by atoms with E-state index in [9.17, 15) is 14.4 Å². The fourth-order valence-corrected chi connectivity index (χ4v) is 3.84. The summed E-state index contributed by atoms with van der Waals surface area (Å²) in [5.74, 6) is -0.677. The molecule has 0 aliphatic heterocycles. The van der Waals surface area contributed by atoms with Crippen LogP contribution in [0.4, 0.5) is 10.5 Å². The van der Waals surface area contributed by atoms with Crippen LogP contribution in [0.5, 0.6) is 0 Å². The van der Waals surface area contributed by atoms with E-state index >= 15 is 0 Å². The van der Waals surface area contributed by atoms with Gasteiger partial charge in [0.1, 0.15) is 6.61 Å². The Kier molecular flexibility index (Phi) is 10.5. The Labute approximate surface area is 218 Å². The van der Waals surface area contributed by atoms with Gasteiger partial charge in [-0.25, -0.2) is 4.79 Å². The van der Waals surface area contributed by atoms with Gasteiger partial charge in [0.25, 0.3) is 0 Å². The fourth-order valence-electron chi connectivity index (χ4n) is 3.46. The molecule has 0 heterocycles. The van der Waals surface area contributed by atoms with E-state index in [0.29, 0.717) is 5.69 Å². The third kappa shape index (κ3) is 8.51. The summed E-state index contributed by atoms with van der Waals surface area (Å²) in [6.45, 7) is 0.263. The highest BCUT2D eigenvalue weighted by atomic mass is 79.9. The van der Waals surface area contributed by atoms with E-state index in [1.54, 1.807) is 6.07 Å². The molecule has 0 saturated heterocycles. The van der Waals surface area contributed by atoms with E-state index in [2.05, 4.69) is 31.9 Å². The second kappa shape index (κ2) is 14.0. The van der Waals surface area contributed by atoms with Crippen molar-refractivity contribution in [3.05, 3.63) is 100 Å². The number of hydrogen-bond acceptors (Lipinski definition) is 6. The fraction of sp³-hybridized carbons (Fsp3) is 0.222. The molecule has 3 aromatic rings. The Hall–Kier alpha value is -3.69. The van der Waals surface area contributed by atoms with Crippen LogP contribution in [0.3, 0.4) is 0 Å². The number of halogens is 1. The Morgan fingerprint density at radius 3 is 2.33 bits per heavy atom. The molecule has 0 fully saturated rings. The van der Waals surface area contributed by atoms with Gasteiger partial charge in [0.15, 0.2) is 0 Å². The Morgan fingerprint density at radius 2 is 1.64 bits per heavy atom. The molecule has 9 heteroatoms. The highest BCUT2D eigenvalue weighted by Crippen LogP contribution is 2.31. The van der Waals surface area contributed by atoms with Crippen LogP contribution in [-0.2, 0) is 25.7 Å². The van der Waals surface area contributed by atoms with Crippen LogP contribution in [-0.4, -0.2) is 38.2 Å². The van der Waals surface area contributed by atoms with Crippen molar-refractivity contribution in [2.45, 2.75) is 19.1 Å². The van der Waals surface area contributed by atoms with Gasteiger partial charge in [0.05, 0.1) is 19.7 Å². The lowest BCUT2D eigenvalue weighted by atomic mass is 9.97. The molecule has 0 bridgehead atoms. The topological polar surface area (TPSA) is 106 Å². The second-order valence-corrected chi connectivity index (χ2v) is 8.73. The number of carbonyl (C=O) groups excluding carboxylic acids is 3. The number of rotatable bonds is 11. The Balaban J connectivity index is 1.62. The first-order chi connectivity index (χ1) is 17.5. The van der Waals surface area contributed by atoms with E-state index in [4.69, 9.17) is 9.47 Å². The summed E-state index contributed by atoms with van der Waals surface area (Å²) in [7, 11) is 1.33. The predicted octanol–water partition coefficient (Wildman–Crippen LogP) is 4.56. The van der Waals surface area contributed by atoms with Gasteiger partial charge in [-0.15, -0.1) is 0 Å². The molecule has 3 N–H and O–H groups in total. The van der Waals surface area contributed by atoms with Crippen LogP contribution >= 0.6 is 15.9 Å². The highest BCUT2D eigenvalue weighted by molar-refractivity contribution is 9.10. The van der Waals surface area contributed by atoms with Crippen molar-refractivity contribution in [1.82, 2.24) is 10.6 Å². The molecule has 0 radical (unpaired) electrons. The maximum Gasteiger partial charge on any atom is 0.407 e. The number of methoxy groups -OCH3 is 1. The first kappa shape index (κ1) is 26.9. The maximum atomic E-state index is 12.7. The molecule has 188 valence electrons. The monoisotopic (exact) mass is 553 g/mol. The summed E-state index contributed by atoms with van der Waals surface area (Å²) >= 11 is 3.49. The molecule has 3 aromatic carbocycles. The number of ether oxygens (including phenoxy) is 2. The van der Waals surface area contributed by atoms with Crippen molar-refractivity contribution in [2.75, 3.05) is 25.5 Å². The standard InChI is InChI=1S/C27H28BrN3O5/c1-35-25(33)17-30-26(20-10-6-3-7-11-20)22-16-21(28)12-13-23(22)31-24(32)14-15-29-27(34)36-18-19-8-4-2-5-9-19/h2-13,16,26,30H,14-15,17-18H2,1H3,(H,29,34)(H,31,32)/t26-/m0/s1. The SMILES string of the molecule is COC(=O)CN[C@@H](c1ccccc1)c1cc(Br)ccc1NC(=O)CCNC(=O)OCc1ccccc1. The summed E-state index contributed by atoms with van der Waals surface area (Å²) in [4.78, 5) is 36.4. The van der Waals surface area contributed by atoms with E-state index in [0.717, 1.165) is 21.2 Å². The first-order valence-corrected chi connectivity index (χ1v) is 12.1. The third-order valence-electron chi connectivity index (χ3n) is 5.24. The van der Waals surface area contributed by atoms with Crippen molar-refractivity contribution >= 4 is 39.6 Å². The molecule has 2 amide bonds. The van der Waals surface area contributed by atoms with Crippen LogP contribution < -0.4 is 16.0 Å². The van der Waals surface area contributed by atoms with Crippen molar-refractivity contribution in [3.8, 4) is 0 Å². The normalized spacial score (nSPS) is 11.3. The van der Waals surface area contributed by atoms with Crippen LogP contribution in [0.2, 0.25) is 0 Å². The van der Waals surface area contributed by atoms with Gasteiger partial charge in [-0.3, -0.25) is 14.9 Å². The van der Waals surface area contributed by atoms with Crippen LogP contribution in [0.1, 0.15) is 29.2 Å². The van der Waals surface area contributed by atoms with Gasteiger partial charge in [0, 0.05) is 23.1 Å². The minimum absolute atomic E-state index is 0.00895. The molecule has 0 aromatic heterocycles. The number of benzene rings is 3. The number of carbonyl (C=O) groups is 3. The highest BCUT2D eigenvalue weighted by Gasteiger charge is 2.20. The Bertz CT molecular complexity index is 1160. The molecule has 1 atom stereocenters. The lowest BCUT2D eigenvalue weighted by Crippen LogP contribution is -2.30. The molecule has 3 rings (SSSR count). The van der Waals surface area contributed by atoms with Gasteiger partial charge in [-0.2, -0.15) is 0 Å². The zero-order chi connectivity index (χ0) is 25.8. The number of amides is 2. The van der Waals surface area contributed by atoms with E-state index in [1.807, 2.05) is 72.8 Å². The molecule has 36 heavy (non-hydrogen) atoms. The summed E-state index contributed by atoms with van der Waals surface area (Å²) in [6.07, 6.45) is -0.534.